The first kappa shape index (κ1) is 9.24. The van der Waals surface area contributed by atoms with Gasteiger partial charge < -0.3 is 4.39 Å². The van der Waals surface area contributed by atoms with Crippen molar-refractivity contribution in [3.05, 3.63) is 0 Å². The Morgan fingerprint density at radius 3 is 1.56 bits per heavy atom. The zero-order valence-corrected chi connectivity index (χ0v) is 8.65. The van der Waals surface area contributed by atoms with Gasteiger partial charge in [-0.15, -0.1) is 0 Å². The van der Waals surface area contributed by atoms with E-state index < -0.39 is 8.07 Å². The summed E-state index contributed by atoms with van der Waals surface area (Å²) >= 11 is 0. The maximum atomic E-state index is 2.41. The molecule has 0 aliphatic rings. The van der Waals surface area contributed by atoms with Gasteiger partial charge in [0, 0.05) is 20.3 Å². The molecule has 0 aromatic rings. The number of quaternary nitrogens is 1. The van der Waals surface area contributed by atoms with E-state index in [0.717, 1.165) is 4.39 Å². The van der Waals surface area contributed by atoms with Crippen molar-refractivity contribution < 1.29 is 4.39 Å². The van der Waals surface area contributed by atoms with Gasteiger partial charge in [-0.25, -0.2) is 0 Å². The van der Waals surface area contributed by atoms with Gasteiger partial charge in [-0.05, 0) is 0 Å². The van der Waals surface area contributed by atoms with Crippen LogP contribution in [-0.4, -0.2) is 40.7 Å². The van der Waals surface area contributed by atoms with Crippen LogP contribution in [0.5, 0.6) is 0 Å². The lowest BCUT2D eigenvalue weighted by Gasteiger charge is -2.32. The summed E-state index contributed by atoms with van der Waals surface area (Å²) in [5, 5.41) is 0. The van der Waals surface area contributed by atoms with Gasteiger partial charge in [0.2, 0.25) is 0 Å². The molecule has 0 unspecified atom stereocenters. The molecular formula is C6H19BNSi+. The van der Waals surface area contributed by atoms with E-state index in [1.165, 1.54) is 6.17 Å². The van der Waals surface area contributed by atoms with Crippen LogP contribution in [-0.2, 0) is 0 Å². The van der Waals surface area contributed by atoms with Crippen LogP contribution in [0.25, 0.3) is 0 Å². The molecular weight excluding hydrogens is 125 g/mol. The first-order chi connectivity index (χ1) is 3.71. The summed E-state index contributed by atoms with van der Waals surface area (Å²) in [6, 6.07) is 0. The molecule has 0 saturated carbocycles. The molecule has 0 spiro atoms. The van der Waals surface area contributed by atoms with Gasteiger partial charge >= 0.3 is 7.98 Å². The first-order valence-electron chi connectivity index (χ1n) is 3.51. The lowest BCUT2D eigenvalue weighted by Crippen LogP contribution is -2.48. The van der Waals surface area contributed by atoms with Gasteiger partial charge in [0.25, 0.3) is 0 Å². The van der Waals surface area contributed by atoms with E-state index in [4.69, 9.17) is 0 Å². The molecule has 0 rings (SSSR count). The molecule has 0 fully saturated rings. The van der Waals surface area contributed by atoms with Crippen molar-refractivity contribution in [2.75, 3.05) is 20.3 Å². The summed E-state index contributed by atoms with van der Waals surface area (Å²) in [7, 11) is 5.97. The van der Waals surface area contributed by atoms with Crippen LogP contribution >= 0.6 is 0 Å². The van der Waals surface area contributed by atoms with Crippen molar-refractivity contribution in [3.8, 4) is 0 Å². The topological polar surface area (TPSA) is 0 Å². The molecule has 9 heavy (non-hydrogen) atoms. The SMILES string of the molecule is B[N+](C)(C)C[Si](C)(C)C. The summed E-state index contributed by atoms with van der Waals surface area (Å²) in [6.45, 7) is 7.24. The van der Waals surface area contributed by atoms with Gasteiger partial charge in [-0.2, -0.15) is 0 Å². The maximum Gasteiger partial charge on any atom is 0.372 e. The van der Waals surface area contributed by atoms with Crippen molar-refractivity contribution in [3.63, 3.8) is 0 Å². The second-order valence-electron chi connectivity index (χ2n) is 5.01. The molecule has 0 aliphatic carbocycles. The van der Waals surface area contributed by atoms with Crippen LogP contribution in [0.4, 0.5) is 0 Å². The average Bonchev–Trinajstić information content (AvgIpc) is 1.14. The number of hydrogen-bond donors (Lipinski definition) is 0. The smallest absolute Gasteiger partial charge is 0.372 e. The van der Waals surface area contributed by atoms with E-state index in [-0.39, 0.29) is 0 Å². The lowest BCUT2D eigenvalue weighted by molar-refractivity contribution is -0.761. The number of rotatable bonds is 2. The van der Waals surface area contributed by atoms with Gasteiger partial charge in [0.1, 0.15) is 8.07 Å². The van der Waals surface area contributed by atoms with Crippen LogP contribution < -0.4 is 0 Å². The highest BCUT2D eigenvalue weighted by Crippen LogP contribution is 2.04. The summed E-state index contributed by atoms with van der Waals surface area (Å²) in [5.74, 6) is 0. The third kappa shape index (κ3) is 8.24. The van der Waals surface area contributed by atoms with Crippen LogP contribution in [0.2, 0.25) is 19.6 Å². The van der Waals surface area contributed by atoms with Crippen molar-refractivity contribution in [1.82, 2.24) is 0 Å². The summed E-state index contributed by atoms with van der Waals surface area (Å²) in [4.78, 5) is 0. The fourth-order valence-electron chi connectivity index (χ4n) is 1.42. The van der Waals surface area contributed by atoms with E-state index >= 15 is 0 Å². The highest BCUT2D eigenvalue weighted by atomic mass is 28.3. The molecule has 1 nitrogen and oxygen atoms in total. The molecule has 3 heteroatoms. The second kappa shape index (κ2) is 2.47. The molecule has 54 valence electrons. The van der Waals surface area contributed by atoms with Crippen molar-refractivity contribution in [1.29, 1.82) is 0 Å². The fraction of sp³-hybridized carbons (Fsp3) is 1.00. The zero-order chi connectivity index (χ0) is 7.71. The lowest BCUT2D eigenvalue weighted by atomic mass is 10.3. The first-order valence-corrected chi connectivity index (χ1v) is 7.22. The molecule has 0 aliphatic heterocycles. The predicted molar refractivity (Wildman–Crippen MR) is 48.9 cm³/mol. The standard InChI is InChI=1S/C6H19BNSi/c1-8(2,7)6-9(3,4)5/h6-7H2,1-5H3/q+1. The predicted octanol–water partition coefficient (Wildman–Crippen LogP) is 0.488. The fourth-order valence-corrected chi connectivity index (χ4v) is 4.27. The second-order valence-corrected chi connectivity index (χ2v) is 10.4. The highest BCUT2D eigenvalue weighted by molar-refractivity contribution is 6.76. The Morgan fingerprint density at radius 2 is 1.56 bits per heavy atom. The average molecular weight is 144 g/mol. The molecule has 0 saturated heterocycles. The molecule has 0 radical (unpaired) electrons. The van der Waals surface area contributed by atoms with Gasteiger partial charge in [0.05, 0.1) is 0 Å². The van der Waals surface area contributed by atoms with Gasteiger partial charge in [0.15, 0.2) is 0 Å². The Morgan fingerprint density at radius 1 is 1.22 bits per heavy atom. The van der Waals surface area contributed by atoms with Crippen molar-refractivity contribution in [2.24, 2.45) is 0 Å². The Labute approximate surface area is 61.1 Å². The van der Waals surface area contributed by atoms with E-state index in [2.05, 4.69) is 41.7 Å². The van der Waals surface area contributed by atoms with E-state index in [0.29, 0.717) is 0 Å². The number of nitrogens with zero attached hydrogens (tertiary/aromatic N) is 1. The molecule has 0 aromatic carbocycles. The molecule has 0 aromatic heterocycles. The van der Waals surface area contributed by atoms with Gasteiger partial charge in [-0.1, -0.05) is 19.6 Å². The third-order valence-electron chi connectivity index (χ3n) is 0.949. The maximum absolute atomic E-state index is 2.41. The Hall–Kier alpha value is 0.242. The van der Waals surface area contributed by atoms with Crippen molar-refractivity contribution >= 4 is 16.1 Å². The van der Waals surface area contributed by atoms with Crippen LogP contribution in [0.15, 0.2) is 0 Å². The Kier molecular flexibility index (Phi) is 2.53. The third-order valence-corrected chi connectivity index (χ3v) is 2.85. The largest absolute Gasteiger partial charge is 0.408 e. The quantitative estimate of drug-likeness (QED) is 0.495. The minimum absolute atomic E-state index is 0.820. The van der Waals surface area contributed by atoms with Gasteiger partial charge in [-0.3, -0.25) is 0 Å². The molecule has 0 N–H and O–H groups in total. The van der Waals surface area contributed by atoms with E-state index in [1.807, 2.05) is 0 Å². The van der Waals surface area contributed by atoms with Crippen LogP contribution in [0, 0.1) is 0 Å². The van der Waals surface area contributed by atoms with Crippen molar-refractivity contribution in [2.45, 2.75) is 19.6 Å². The molecule has 0 amide bonds. The van der Waals surface area contributed by atoms with Crippen LogP contribution in [0.1, 0.15) is 0 Å². The monoisotopic (exact) mass is 144 g/mol. The normalized spacial score (nSPS) is 13.9. The van der Waals surface area contributed by atoms with E-state index in [9.17, 15) is 0 Å². The summed E-state index contributed by atoms with van der Waals surface area (Å²) < 4.78 is 1.12. The highest BCUT2D eigenvalue weighted by Gasteiger charge is 2.21. The van der Waals surface area contributed by atoms with Crippen LogP contribution in [0.3, 0.4) is 0 Å². The summed E-state index contributed by atoms with van der Waals surface area (Å²) in [5.41, 5.74) is 0. The zero-order valence-electron chi connectivity index (χ0n) is 7.65. The molecule has 0 heterocycles. The van der Waals surface area contributed by atoms with E-state index in [1.54, 1.807) is 0 Å². The summed E-state index contributed by atoms with van der Waals surface area (Å²) in [6.07, 6.45) is 1.37. The number of hydrogen-bond acceptors (Lipinski definition) is 0. The Bertz CT molecular complexity index is 78.2. The molecule has 0 atom stereocenters. The Balaban J connectivity index is 3.75. The molecule has 0 bridgehead atoms. The minimum atomic E-state index is -0.820. The minimum Gasteiger partial charge on any atom is -0.408 e.